The molecule has 0 atom stereocenters. The minimum atomic E-state index is -0.277. The average Bonchev–Trinajstić information content (AvgIpc) is 2.01. The first-order chi connectivity index (χ1) is 5.24. The summed E-state index contributed by atoms with van der Waals surface area (Å²) in [5, 5.41) is 0. The van der Waals surface area contributed by atoms with E-state index < -0.39 is 0 Å². The van der Waals surface area contributed by atoms with Crippen LogP contribution < -0.4 is 0 Å². The third-order valence-corrected chi connectivity index (χ3v) is 1.47. The van der Waals surface area contributed by atoms with Gasteiger partial charge in [0.25, 0.3) is 0 Å². The molecule has 0 bridgehead atoms. The fourth-order valence-corrected chi connectivity index (χ4v) is 0.793. The highest BCUT2D eigenvalue weighted by Crippen LogP contribution is 2.02. The van der Waals surface area contributed by atoms with Crippen molar-refractivity contribution in [3.8, 4) is 0 Å². The first-order valence-corrected chi connectivity index (χ1v) is 3.93. The van der Waals surface area contributed by atoms with E-state index in [1.54, 1.807) is 0 Å². The first-order valence-electron chi connectivity index (χ1n) is 3.93. The number of methoxy groups -OCH3 is 1. The molecule has 0 aliphatic carbocycles. The van der Waals surface area contributed by atoms with Gasteiger partial charge in [-0.05, 0) is 12.8 Å². The van der Waals surface area contributed by atoms with Crippen LogP contribution in [0.1, 0.15) is 26.7 Å². The Bertz CT molecular complexity index is 108. The molecule has 0 unspecified atom stereocenters. The van der Waals surface area contributed by atoms with E-state index in [-0.39, 0.29) is 18.7 Å². The molecule has 0 rings (SSSR count). The molecule has 0 aliphatic rings. The summed E-state index contributed by atoms with van der Waals surface area (Å²) in [6.07, 6.45) is 1.79. The van der Waals surface area contributed by atoms with E-state index in [1.807, 2.05) is 13.8 Å². The minimum absolute atomic E-state index is 0.0521. The number of carbonyl (C=O) groups excluding carboxylic acids is 1. The predicted molar refractivity (Wildman–Crippen MR) is 42.3 cm³/mol. The molecule has 0 heterocycles. The predicted octanol–water partition coefficient (Wildman–Crippen LogP) is 1.36. The van der Waals surface area contributed by atoms with Crippen LogP contribution in [0.15, 0.2) is 0 Å². The van der Waals surface area contributed by atoms with Gasteiger partial charge in [-0.15, -0.1) is 0 Å². The quantitative estimate of drug-likeness (QED) is 0.570. The van der Waals surface area contributed by atoms with Crippen LogP contribution >= 0.6 is 0 Å². The highest BCUT2D eigenvalue weighted by atomic mass is 16.6. The fraction of sp³-hybridized carbons (Fsp3) is 0.875. The second-order valence-electron chi connectivity index (χ2n) is 2.36. The van der Waals surface area contributed by atoms with Gasteiger partial charge in [-0.25, -0.2) is 4.79 Å². The monoisotopic (exact) mass is 160 g/mol. The topological polar surface area (TPSA) is 35.5 Å². The smallest absolute Gasteiger partial charge is 0.332 e. The minimum Gasteiger partial charge on any atom is -0.461 e. The van der Waals surface area contributed by atoms with Gasteiger partial charge in [0.2, 0.25) is 0 Å². The third kappa shape index (κ3) is 4.79. The second-order valence-corrected chi connectivity index (χ2v) is 2.36. The molecule has 0 N–H and O–H groups in total. The van der Waals surface area contributed by atoms with Gasteiger partial charge in [0.05, 0.1) is 0 Å². The van der Waals surface area contributed by atoms with Gasteiger partial charge in [-0.3, -0.25) is 0 Å². The van der Waals surface area contributed by atoms with Crippen molar-refractivity contribution in [3.63, 3.8) is 0 Å². The van der Waals surface area contributed by atoms with Gasteiger partial charge in [-0.2, -0.15) is 0 Å². The van der Waals surface area contributed by atoms with Crippen molar-refractivity contribution in [3.05, 3.63) is 0 Å². The SMILES string of the molecule is CCC(CC)OC(=O)COC. The summed E-state index contributed by atoms with van der Waals surface area (Å²) in [6, 6.07) is 0. The molecule has 3 nitrogen and oxygen atoms in total. The van der Waals surface area contributed by atoms with Crippen molar-refractivity contribution in [2.45, 2.75) is 32.8 Å². The summed E-state index contributed by atoms with van der Waals surface area (Å²) in [5.41, 5.74) is 0. The van der Waals surface area contributed by atoms with Gasteiger partial charge in [-0.1, -0.05) is 13.8 Å². The van der Waals surface area contributed by atoms with E-state index in [9.17, 15) is 4.79 Å². The maximum absolute atomic E-state index is 10.8. The Morgan fingerprint density at radius 2 is 1.91 bits per heavy atom. The maximum Gasteiger partial charge on any atom is 0.332 e. The Kier molecular flexibility index (Phi) is 5.84. The number of ether oxygens (including phenoxy) is 2. The summed E-state index contributed by atoms with van der Waals surface area (Å²) in [6.45, 7) is 4.04. The van der Waals surface area contributed by atoms with Crippen LogP contribution in [0, 0.1) is 0 Å². The van der Waals surface area contributed by atoms with E-state index in [4.69, 9.17) is 4.74 Å². The van der Waals surface area contributed by atoms with Crippen molar-refractivity contribution in [2.24, 2.45) is 0 Å². The molecule has 0 amide bonds. The molecule has 0 saturated carbocycles. The van der Waals surface area contributed by atoms with E-state index >= 15 is 0 Å². The largest absolute Gasteiger partial charge is 0.461 e. The Labute approximate surface area is 67.7 Å². The normalized spacial score (nSPS) is 10.2. The van der Waals surface area contributed by atoms with Crippen LogP contribution in [-0.2, 0) is 14.3 Å². The molecule has 3 heteroatoms. The van der Waals surface area contributed by atoms with Crippen molar-refractivity contribution in [1.29, 1.82) is 0 Å². The van der Waals surface area contributed by atoms with Gasteiger partial charge in [0.1, 0.15) is 12.7 Å². The summed E-state index contributed by atoms with van der Waals surface area (Å²) >= 11 is 0. The molecule has 66 valence electrons. The number of esters is 1. The molecular weight excluding hydrogens is 144 g/mol. The molecule has 0 aromatic heterocycles. The van der Waals surface area contributed by atoms with E-state index in [1.165, 1.54) is 7.11 Å². The standard InChI is InChI=1S/C8H16O3/c1-4-7(5-2)11-8(9)6-10-3/h7H,4-6H2,1-3H3. The lowest BCUT2D eigenvalue weighted by atomic mass is 10.2. The lowest BCUT2D eigenvalue weighted by Gasteiger charge is -2.12. The molecule has 0 aromatic carbocycles. The summed E-state index contributed by atoms with van der Waals surface area (Å²) in [7, 11) is 1.48. The van der Waals surface area contributed by atoms with Crippen LogP contribution in [-0.4, -0.2) is 25.8 Å². The van der Waals surface area contributed by atoms with Crippen molar-refractivity contribution < 1.29 is 14.3 Å². The molecule has 0 saturated heterocycles. The lowest BCUT2D eigenvalue weighted by Crippen LogP contribution is -2.19. The van der Waals surface area contributed by atoms with Crippen LogP contribution in [0.5, 0.6) is 0 Å². The zero-order valence-electron chi connectivity index (χ0n) is 7.42. The van der Waals surface area contributed by atoms with Gasteiger partial charge >= 0.3 is 5.97 Å². The molecule has 0 fully saturated rings. The molecule has 0 aliphatic heterocycles. The van der Waals surface area contributed by atoms with Gasteiger partial charge < -0.3 is 9.47 Å². The summed E-state index contributed by atoms with van der Waals surface area (Å²) < 4.78 is 9.64. The molecular formula is C8H16O3. The fourth-order valence-electron chi connectivity index (χ4n) is 0.793. The number of carbonyl (C=O) groups is 1. The zero-order chi connectivity index (χ0) is 8.69. The highest BCUT2D eigenvalue weighted by molar-refractivity contribution is 5.70. The van der Waals surface area contributed by atoms with Gasteiger partial charge in [0, 0.05) is 7.11 Å². The van der Waals surface area contributed by atoms with Crippen molar-refractivity contribution in [2.75, 3.05) is 13.7 Å². The maximum atomic E-state index is 10.8. The third-order valence-electron chi connectivity index (χ3n) is 1.47. The van der Waals surface area contributed by atoms with Crippen molar-refractivity contribution in [1.82, 2.24) is 0 Å². The number of hydrogen-bond acceptors (Lipinski definition) is 3. The van der Waals surface area contributed by atoms with Crippen LogP contribution in [0.3, 0.4) is 0 Å². The first kappa shape index (κ1) is 10.4. The van der Waals surface area contributed by atoms with E-state index in [0.29, 0.717) is 0 Å². The molecule has 0 spiro atoms. The zero-order valence-corrected chi connectivity index (χ0v) is 7.42. The molecule has 0 radical (unpaired) electrons. The second kappa shape index (κ2) is 6.16. The van der Waals surface area contributed by atoms with E-state index in [0.717, 1.165) is 12.8 Å². The van der Waals surface area contributed by atoms with Crippen LogP contribution in [0.2, 0.25) is 0 Å². The Balaban J connectivity index is 3.54. The van der Waals surface area contributed by atoms with Crippen molar-refractivity contribution >= 4 is 5.97 Å². The Morgan fingerprint density at radius 1 is 1.36 bits per heavy atom. The van der Waals surface area contributed by atoms with Crippen LogP contribution in [0.4, 0.5) is 0 Å². The Hall–Kier alpha value is -0.570. The summed E-state index contributed by atoms with van der Waals surface area (Å²) in [4.78, 5) is 10.8. The van der Waals surface area contributed by atoms with E-state index in [2.05, 4.69) is 4.74 Å². The molecule has 0 aromatic rings. The lowest BCUT2D eigenvalue weighted by molar-refractivity contribution is -0.153. The highest BCUT2D eigenvalue weighted by Gasteiger charge is 2.08. The Morgan fingerprint density at radius 3 is 2.27 bits per heavy atom. The molecule has 11 heavy (non-hydrogen) atoms. The average molecular weight is 160 g/mol. The number of hydrogen-bond donors (Lipinski definition) is 0. The number of rotatable bonds is 5. The summed E-state index contributed by atoms with van der Waals surface area (Å²) in [5.74, 6) is -0.277. The van der Waals surface area contributed by atoms with Gasteiger partial charge in [0.15, 0.2) is 0 Å². The van der Waals surface area contributed by atoms with Crippen LogP contribution in [0.25, 0.3) is 0 Å².